The Morgan fingerprint density at radius 2 is 2.24 bits per heavy atom. The zero-order valence-electron chi connectivity index (χ0n) is 9.23. The van der Waals surface area contributed by atoms with Crippen LogP contribution in [-0.4, -0.2) is 24.8 Å². The summed E-state index contributed by atoms with van der Waals surface area (Å²) < 4.78 is 26.3. The molecule has 1 aromatic heterocycles. The Bertz CT molecular complexity index is 524. The quantitative estimate of drug-likeness (QED) is 0.836. The van der Waals surface area contributed by atoms with Crippen molar-refractivity contribution in [3.63, 3.8) is 0 Å². The molecule has 1 heterocycles. The molecular weight excluding hydrogens is 286 g/mol. The molecule has 3 N–H and O–H groups in total. The van der Waals surface area contributed by atoms with E-state index in [-0.39, 0.29) is 15.1 Å². The molecule has 0 radical (unpaired) electrons. The van der Waals surface area contributed by atoms with Gasteiger partial charge in [0.15, 0.2) is 8.68 Å². The number of thiazole rings is 1. The molecule has 9 heteroatoms. The predicted octanol–water partition coefficient (Wildman–Crippen LogP) is 0.729. The van der Waals surface area contributed by atoms with E-state index in [1.165, 1.54) is 0 Å². The van der Waals surface area contributed by atoms with Crippen molar-refractivity contribution < 1.29 is 13.2 Å². The second-order valence-corrected chi connectivity index (χ2v) is 7.59. The minimum absolute atomic E-state index is 0.0000420. The van der Waals surface area contributed by atoms with Crippen LogP contribution in [0.2, 0.25) is 4.47 Å². The highest BCUT2D eigenvalue weighted by molar-refractivity contribution is 7.91. The highest BCUT2D eigenvalue weighted by Crippen LogP contribution is 2.24. The summed E-state index contributed by atoms with van der Waals surface area (Å²) in [4.78, 5) is 14.4. The van der Waals surface area contributed by atoms with Crippen molar-refractivity contribution in [2.24, 2.45) is 5.73 Å². The van der Waals surface area contributed by atoms with Gasteiger partial charge in [-0.15, -0.1) is 0 Å². The molecule has 0 saturated carbocycles. The number of amides is 1. The Balaban J connectivity index is 2.90. The third-order valence-corrected chi connectivity index (χ3v) is 5.02. The van der Waals surface area contributed by atoms with Gasteiger partial charge in [0.2, 0.25) is 5.91 Å². The van der Waals surface area contributed by atoms with Gasteiger partial charge in [-0.25, -0.2) is 18.1 Å². The number of rotatable bonds is 5. The van der Waals surface area contributed by atoms with Gasteiger partial charge in [-0.2, -0.15) is 0 Å². The molecule has 0 spiro atoms. The van der Waals surface area contributed by atoms with Gasteiger partial charge in [-0.1, -0.05) is 22.9 Å². The molecule has 0 fully saturated rings. The number of nitrogens with one attached hydrogen (secondary N) is 1. The van der Waals surface area contributed by atoms with Gasteiger partial charge in [0.1, 0.15) is 0 Å². The Labute approximate surface area is 108 Å². The van der Waals surface area contributed by atoms with Gasteiger partial charge in [-0.05, 0) is 13.8 Å². The van der Waals surface area contributed by atoms with Gasteiger partial charge in [0.05, 0.1) is 6.20 Å². The fourth-order valence-corrected chi connectivity index (χ4v) is 3.95. The molecule has 1 amide bonds. The molecule has 1 rings (SSSR count). The molecule has 96 valence electrons. The predicted molar refractivity (Wildman–Crippen MR) is 65.3 cm³/mol. The van der Waals surface area contributed by atoms with E-state index >= 15 is 0 Å². The van der Waals surface area contributed by atoms with Crippen LogP contribution in [-0.2, 0) is 14.8 Å². The number of hydrogen-bond acceptors (Lipinski definition) is 5. The van der Waals surface area contributed by atoms with Gasteiger partial charge in [-0.3, -0.25) is 4.79 Å². The molecule has 17 heavy (non-hydrogen) atoms. The van der Waals surface area contributed by atoms with Crippen LogP contribution in [0, 0.1) is 0 Å². The van der Waals surface area contributed by atoms with E-state index in [2.05, 4.69) is 9.71 Å². The van der Waals surface area contributed by atoms with Crippen LogP contribution in [0.15, 0.2) is 10.4 Å². The molecule has 0 aliphatic rings. The smallest absolute Gasteiger partial charge is 0.252 e. The molecule has 0 saturated heterocycles. The number of halogens is 1. The van der Waals surface area contributed by atoms with Crippen LogP contribution in [0.1, 0.15) is 20.3 Å². The van der Waals surface area contributed by atoms with E-state index in [9.17, 15) is 13.2 Å². The van der Waals surface area contributed by atoms with Crippen molar-refractivity contribution in [3.05, 3.63) is 10.7 Å². The summed E-state index contributed by atoms with van der Waals surface area (Å²) in [5.74, 6) is -0.583. The summed E-state index contributed by atoms with van der Waals surface area (Å²) in [7, 11) is -3.73. The van der Waals surface area contributed by atoms with Crippen molar-refractivity contribution in [1.82, 2.24) is 9.71 Å². The van der Waals surface area contributed by atoms with Gasteiger partial charge >= 0.3 is 0 Å². The fourth-order valence-electron chi connectivity index (χ4n) is 1.25. The van der Waals surface area contributed by atoms with Gasteiger partial charge < -0.3 is 5.73 Å². The first-order valence-corrected chi connectivity index (χ1v) is 7.24. The van der Waals surface area contributed by atoms with E-state index in [0.29, 0.717) is 0 Å². The minimum Gasteiger partial charge on any atom is -0.370 e. The SMILES string of the molecule is CC(C)(CC(N)=O)NS(=O)(=O)c1cnc(Cl)s1. The molecular formula is C8H12ClN3O3S2. The van der Waals surface area contributed by atoms with Crippen molar-refractivity contribution in [1.29, 1.82) is 0 Å². The van der Waals surface area contributed by atoms with Crippen LogP contribution in [0.3, 0.4) is 0 Å². The highest BCUT2D eigenvalue weighted by atomic mass is 35.5. The van der Waals surface area contributed by atoms with Crippen molar-refractivity contribution in [2.45, 2.75) is 30.0 Å². The molecule has 0 atom stereocenters. The second kappa shape index (κ2) is 4.89. The maximum absolute atomic E-state index is 11.9. The minimum atomic E-state index is -3.73. The summed E-state index contributed by atoms with van der Waals surface area (Å²) in [5, 5.41) is 0. The number of sulfonamides is 1. The Hall–Kier alpha value is -0.700. The van der Waals surface area contributed by atoms with E-state index in [0.717, 1.165) is 17.5 Å². The third kappa shape index (κ3) is 4.23. The Morgan fingerprint density at radius 3 is 2.65 bits per heavy atom. The van der Waals surface area contributed by atoms with E-state index in [4.69, 9.17) is 17.3 Å². The lowest BCUT2D eigenvalue weighted by atomic mass is 10.0. The molecule has 6 nitrogen and oxygen atoms in total. The number of carbonyl (C=O) groups is 1. The third-order valence-electron chi connectivity index (χ3n) is 1.75. The molecule has 1 aromatic rings. The zero-order valence-corrected chi connectivity index (χ0v) is 11.6. The Morgan fingerprint density at radius 1 is 1.65 bits per heavy atom. The lowest BCUT2D eigenvalue weighted by molar-refractivity contribution is -0.119. The normalized spacial score (nSPS) is 12.6. The number of nitrogens with two attached hydrogens (primary N) is 1. The number of aromatic nitrogens is 1. The summed E-state index contributed by atoms with van der Waals surface area (Å²) in [6.45, 7) is 3.13. The standard InChI is InChI=1S/C8H12ClN3O3S2/c1-8(2,3-5(10)13)12-17(14,15)6-4-11-7(9)16-6/h4,12H,3H2,1-2H3,(H2,10,13). The number of carbonyl (C=O) groups excluding carboxylic acids is 1. The highest BCUT2D eigenvalue weighted by Gasteiger charge is 2.29. The average molecular weight is 298 g/mol. The van der Waals surface area contributed by atoms with Crippen LogP contribution >= 0.6 is 22.9 Å². The molecule has 0 bridgehead atoms. The number of nitrogens with zero attached hydrogens (tertiary/aromatic N) is 1. The summed E-state index contributed by atoms with van der Waals surface area (Å²) in [6, 6.07) is 0. The largest absolute Gasteiger partial charge is 0.370 e. The van der Waals surface area contributed by atoms with Crippen molar-refractivity contribution >= 4 is 38.9 Å². The van der Waals surface area contributed by atoms with Gasteiger partial charge in [0, 0.05) is 12.0 Å². The summed E-state index contributed by atoms with van der Waals surface area (Å²) in [6.07, 6.45) is 1.06. The summed E-state index contributed by atoms with van der Waals surface area (Å²) in [5.41, 5.74) is 4.08. The number of hydrogen-bond donors (Lipinski definition) is 2. The maximum Gasteiger partial charge on any atom is 0.252 e. The Kier molecular flexibility index (Phi) is 4.13. The van der Waals surface area contributed by atoms with Crippen LogP contribution < -0.4 is 10.5 Å². The first kappa shape index (κ1) is 14.4. The molecule has 0 aromatic carbocycles. The molecule has 0 unspecified atom stereocenters. The van der Waals surface area contributed by atoms with Crippen LogP contribution in [0.25, 0.3) is 0 Å². The lowest BCUT2D eigenvalue weighted by Crippen LogP contribution is -2.45. The van der Waals surface area contributed by atoms with Crippen molar-refractivity contribution in [2.75, 3.05) is 0 Å². The fraction of sp³-hybridized carbons (Fsp3) is 0.500. The van der Waals surface area contributed by atoms with Gasteiger partial charge in [0.25, 0.3) is 10.0 Å². The van der Waals surface area contributed by atoms with Crippen LogP contribution in [0.4, 0.5) is 0 Å². The topological polar surface area (TPSA) is 102 Å². The summed E-state index contributed by atoms with van der Waals surface area (Å²) >= 11 is 6.41. The zero-order chi connectivity index (χ0) is 13.3. The first-order chi connectivity index (χ1) is 7.62. The number of primary amides is 1. The first-order valence-electron chi connectivity index (χ1n) is 4.56. The van der Waals surface area contributed by atoms with E-state index < -0.39 is 21.5 Å². The monoisotopic (exact) mass is 297 g/mol. The van der Waals surface area contributed by atoms with E-state index in [1.54, 1.807) is 13.8 Å². The maximum atomic E-state index is 11.9. The average Bonchev–Trinajstić information content (AvgIpc) is 2.46. The second-order valence-electron chi connectivity index (χ2n) is 4.06. The molecule has 0 aliphatic heterocycles. The van der Waals surface area contributed by atoms with Crippen molar-refractivity contribution in [3.8, 4) is 0 Å². The van der Waals surface area contributed by atoms with Crippen LogP contribution in [0.5, 0.6) is 0 Å². The molecule has 0 aliphatic carbocycles. The van der Waals surface area contributed by atoms with E-state index in [1.807, 2.05) is 0 Å². The lowest BCUT2D eigenvalue weighted by Gasteiger charge is -2.23.